The van der Waals surface area contributed by atoms with Crippen molar-refractivity contribution in [2.75, 3.05) is 13.1 Å². The van der Waals surface area contributed by atoms with Gasteiger partial charge in [-0.15, -0.1) is 0 Å². The Labute approximate surface area is 117 Å². The second kappa shape index (κ2) is 5.86. The summed E-state index contributed by atoms with van der Waals surface area (Å²) in [5, 5.41) is 11.5. The number of nitro benzene ring substituents is 1. The van der Waals surface area contributed by atoms with Gasteiger partial charge < -0.3 is 5.73 Å². The third-order valence-electron chi connectivity index (χ3n) is 3.77. The van der Waals surface area contributed by atoms with E-state index >= 15 is 0 Å². The first-order valence-corrected chi connectivity index (χ1v) is 6.76. The lowest BCUT2D eigenvalue weighted by atomic mass is 9.94. The van der Waals surface area contributed by atoms with Crippen molar-refractivity contribution in [1.29, 1.82) is 0 Å². The third-order valence-corrected chi connectivity index (χ3v) is 4.13. The van der Waals surface area contributed by atoms with Crippen LogP contribution in [0.4, 0.5) is 5.69 Å². The molecule has 1 aliphatic rings. The minimum Gasteiger partial charge on any atom is -0.326 e. The van der Waals surface area contributed by atoms with Gasteiger partial charge in [-0.25, -0.2) is 0 Å². The molecule has 0 amide bonds. The van der Waals surface area contributed by atoms with Crippen molar-refractivity contribution in [2.45, 2.75) is 25.9 Å². The maximum Gasteiger partial charge on any atom is 0.275 e. The van der Waals surface area contributed by atoms with Crippen molar-refractivity contribution in [1.82, 2.24) is 4.90 Å². The SMILES string of the molecule is CC1CCN(Cc2c(Cl)cccc2[N+](=O)[O-])CC1N. The molecule has 1 saturated heterocycles. The first-order chi connectivity index (χ1) is 8.99. The number of hydrogen-bond acceptors (Lipinski definition) is 4. The number of nitro groups is 1. The molecule has 5 nitrogen and oxygen atoms in total. The Morgan fingerprint density at radius 3 is 2.95 bits per heavy atom. The standard InChI is InChI=1S/C13H18ClN3O2/c1-9-5-6-16(8-12(9)15)7-10-11(14)3-2-4-13(10)17(18)19/h2-4,9,12H,5-8,15H2,1H3. The summed E-state index contributed by atoms with van der Waals surface area (Å²) in [5.74, 6) is 0.498. The molecule has 0 saturated carbocycles. The van der Waals surface area contributed by atoms with Gasteiger partial charge in [-0.05, 0) is 24.9 Å². The molecule has 1 heterocycles. The van der Waals surface area contributed by atoms with E-state index in [0.29, 0.717) is 23.0 Å². The summed E-state index contributed by atoms with van der Waals surface area (Å²) in [4.78, 5) is 12.8. The summed E-state index contributed by atoms with van der Waals surface area (Å²) in [5.41, 5.74) is 6.71. The van der Waals surface area contributed by atoms with E-state index in [2.05, 4.69) is 11.8 Å². The zero-order valence-corrected chi connectivity index (χ0v) is 11.6. The van der Waals surface area contributed by atoms with Crippen LogP contribution in [0.15, 0.2) is 18.2 Å². The molecule has 2 N–H and O–H groups in total. The van der Waals surface area contributed by atoms with Gasteiger partial charge in [0.2, 0.25) is 0 Å². The molecule has 1 fully saturated rings. The predicted molar refractivity (Wildman–Crippen MR) is 75.1 cm³/mol. The lowest BCUT2D eigenvalue weighted by molar-refractivity contribution is -0.385. The van der Waals surface area contributed by atoms with Gasteiger partial charge in [0.15, 0.2) is 0 Å². The number of halogens is 1. The normalized spacial score (nSPS) is 24.4. The number of piperidine rings is 1. The lowest BCUT2D eigenvalue weighted by Crippen LogP contribution is -2.47. The van der Waals surface area contributed by atoms with Gasteiger partial charge in [-0.3, -0.25) is 15.0 Å². The summed E-state index contributed by atoms with van der Waals surface area (Å²) in [6, 6.07) is 4.91. The van der Waals surface area contributed by atoms with Crippen LogP contribution < -0.4 is 5.73 Å². The summed E-state index contributed by atoms with van der Waals surface area (Å²) in [6.07, 6.45) is 1.01. The molecule has 104 valence electrons. The minimum absolute atomic E-state index is 0.0830. The summed E-state index contributed by atoms with van der Waals surface area (Å²) in [7, 11) is 0. The van der Waals surface area contributed by atoms with E-state index in [0.717, 1.165) is 19.5 Å². The fourth-order valence-electron chi connectivity index (χ4n) is 2.41. The molecule has 2 unspecified atom stereocenters. The van der Waals surface area contributed by atoms with Crippen molar-refractivity contribution >= 4 is 17.3 Å². The Balaban J connectivity index is 2.17. The molecule has 0 aliphatic carbocycles. The van der Waals surface area contributed by atoms with Crippen molar-refractivity contribution in [3.05, 3.63) is 38.9 Å². The Morgan fingerprint density at radius 2 is 2.32 bits per heavy atom. The maximum atomic E-state index is 11.0. The molecule has 0 aromatic heterocycles. The van der Waals surface area contributed by atoms with Crippen molar-refractivity contribution in [2.24, 2.45) is 11.7 Å². The second-order valence-corrected chi connectivity index (χ2v) is 5.57. The van der Waals surface area contributed by atoms with Crippen LogP contribution in [0.3, 0.4) is 0 Å². The number of rotatable bonds is 3. The molecule has 0 bridgehead atoms. The van der Waals surface area contributed by atoms with Crippen molar-refractivity contribution < 1.29 is 4.92 Å². The molecule has 2 atom stereocenters. The summed E-state index contributed by atoms with van der Waals surface area (Å²) < 4.78 is 0. The number of nitrogens with two attached hydrogens (primary N) is 1. The van der Waals surface area contributed by atoms with Crippen molar-refractivity contribution in [3.8, 4) is 0 Å². The highest BCUT2D eigenvalue weighted by Crippen LogP contribution is 2.28. The Bertz CT molecular complexity index is 481. The zero-order valence-electron chi connectivity index (χ0n) is 10.9. The van der Waals surface area contributed by atoms with Gasteiger partial charge in [-0.1, -0.05) is 24.6 Å². The average Bonchev–Trinajstić information content (AvgIpc) is 2.36. The Morgan fingerprint density at radius 1 is 1.58 bits per heavy atom. The molecule has 0 radical (unpaired) electrons. The molecular formula is C13H18ClN3O2. The number of nitrogens with zero attached hydrogens (tertiary/aromatic N) is 2. The highest BCUT2D eigenvalue weighted by molar-refractivity contribution is 6.31. The summed E-state index contributed by atoms with van der Waals surface area (Å²) >= 11 is 6.10. The zero-order chi connectivity index (χ0) is 14.0. The first kappa shape index (κ1) is 14.2. The van der Waals surface area contributed by atoms with Crippen LogP contribution in [0.5, 0.6) is 0 Å². The van der Waals surface area contributed by atoms with Gasteiger partial charge in [0.1, 0.15) is 0 Å². The van der Waals surface area contributed by atoms with Gasteiger partial charge in [-0.2, -0.15) is 0 Å². The molecule has 1 aliphatic heterocycles. The molecule has 2 rings (SSSR count). The van der Waals surface area contributed by atoms with Crippen LogP contribution in [0, 0.1) is 16.0 Å². The fraction of sp³-hybridized carbons (Fsp3) is 0.538. The second-order valence-electron chi connectivity index (χ2n) is 5.16. The molecule has 1 aromatic carbocycles. The maximum absolute atomic E-state index is 11.0. The average molecular weight is 284 g/mol. The number of benzene rings is 1. The Kier molecular flexibility index (Phi) is 4.39. The van der Waals surface area contributed by atoms with Gasteiger partial charge >= 0.3 is 0 Å². The molecule has 6 heteroatoms. The van der Waals surface area contributed by atoms with Crippen LogP contribution in [0.25, 0.3) is 0 Å². The molecule has 1 aromatic rings. The molecule has 0 spiro atoms. The highest BCUT2D eigenvalue weighted by Gasteiger charge is 2.26. The molecule has 19 heavy (non-hydrogen) atoms. The number of likely N-dealkylation sites (tertiary alicyclic amines) is 1. The minimum atomic E-state index is -0.381. The molecular weight excluding hydrogens is 266 g/mol. The quantitative estimate of drug-likeness (QED) is 0.683. The van der Waals surface area contributed by atoms with Crippen molar-refractivity contribution in [3.63, 3.8) is 0 Å². The van der Waals surface area contributed by atoms with E-state index in [1.54, 1.807) is 12.1 Å². The fourth-order valence-corrected chi connectivity index (χ4v) is 2.64. The van der Waals surface area contributed by atoms with E-state index in [1.165, 1.54) is 6.07 Å². The van der Waals surface area contributed by atoms with Crippen LogP contribution in [0.1, 0.15) is 18.9 Å². The number of hydrogen-bond donors (Lipinski definition) is 1. The predicted octanol–water partition coefficient (Wildman–Crippen LogP) is 2.42. The van der Waals surface area contributed by atoms with Crippen LogP contribution in [0.2, 0.25) is 5.02 Å². The lowest BCUT2D eigenvalue weighted by Gasteiger charge is -2.35. The largest absolute Gasteiger partial charge is 0.326 e. The topological polar surface area (TPSA) is 72.4 Å². The third kappa shape index (κ3) is 3.23. The van der Waals surface area contributed by atoms with E-state index in [-0.39, 0.29) is 16.7 Å². The van der Waals surface area contributed by atoms with Crippen LogP contribution >= 0.6 is 11.6 Å². The van der Waals surface area contributed by atoms with Gasteiger partial charge in [0.25, 0.3) is 5.69 Å². The highest BCUT2D eigenvalue weighted by atomic mass is 35.5. The monoisotopic (exact) mass is 283 g/mol. The Hall–Kier alpha value is -1.17. The smallest absolute Gasteiger partial charge is 0.275 e. The van der Waals surface area contributed by atoms with E-state index in [1.807, 2.05) is 0 Å². The summed E-state index contributed by atoms with van der Waals surface area (Å²) in [6.45, 7) is 4.27. The van der Waals surface area contributed by atoms with Crippen LogP contribution in [-0.4, -0.2) is 29.0 Å². The van der Waals surface area contributed by atoms with E-state index in [9.17, 15) is 10.1 Å². The van der Waals surface area contributed by atoms with Gasteiger partial charge in [0, 0.05) is 25.2 Å². The van der Waals surface area contributed by atoms with E-state index in [4.69, 9.17) is 17.3 Å². The van der Waals surface area contributed by atoms with E-state index < -0.39 is 0 Å². The first-order valence-electron chi connectivity index (χ1n) is 6.38. The van der Waals surface area contributed by atoms with Gasteiger partial charge in [0.05, 0.1) is 15.5 Å². The van der Waals surface area contributed by atoms with Crippen LogP contribution in [-0.2, 0) is 6.54 Å².